The number of carbonyl (C=O) groups excluding carboxylic acids is 2. The van der Waals surface area contributed by atoms with Crippen LogP contribution in [0.5, 0.6) is 5.75 Å². The Bertz CT molecular complexity index is 530. The van der Waals surface area contributed by atoms with Gasteiger partial charge in [-0.15, -0.1) is 0 Å². The molecule has 0 radical (unpaired) electrons. The normalized spacial score (nSPS) is 11.5. The van der Waals surface area contributed by atoms with E-state index in [1.54, 1.807) is 24.3 Å². The Morgan fingerprint density at radius 1 is 1.38 bits per heavy atom. The first-order chi connectivity index (χ1) is 9.92. The van der Waals surface area contributed by atoms with Crippen LogP contribution in [0.15, 0.2) is 24.3 Å². The minimum Gasteiger partial charge on any atom is -0.497 e. The number of benzene rings is 1. The summed E-state index contributed by atoms with van der Waals surface area (Å²) >= 11 is 0. The van der Waals surface area contributed by atoms with E-state index in [0.29, 0.717) is 11.3 Å². The molecule has 0 aromatic heterocycles. The maximum atomic E-state index is 11.8. The zero-order chi connectivity index (χ0) is 15.8. The van der Waals surface area contributed by atoms with Gasteiger partial charge in [0.05, 0.1) is 13.5 Å². The molecule has 0 saturated heterocycles. The third-order valence-electron chi connectivity index (χ3n) is 2.81. The molecule has 0 aliphatic carbocycles. The van der Waals surface area contributed by atoms with E-state index >= 15 is 0 Å². The van der Waals surface area contributed by atoms with Crippen molar-refractivity contribution in [2.75, 3.05) is 7.11 Å². The summed E-state index contributed by atoms with van der Waals surface area (Å²) in [5.74, 6) is -1.64. The van der Waals surface area contributed by atoms with Crippen molar-refractivity contribution in [2.45, 2.75) is 25.3 Å². The van der Waals surface area contributed by atoms with Crippen LogP contribution < -0.4 is 15.8 Å². The summed E-state index contributed by atoms with van der Waals surface area (Å²) < 4.78 is 5.04. The van der Waals surface area contributed by atoms with Crippen molar-refractivity contribution in [3.8, 4) is 5.75 Å². The highest BCUT2D eigenvalue weighted by Gasteiger charge is 2.20. The van der Waals surface area contributed by atoms with Gasteiger partial charge < -0.3 is 20.9 Å². The minimum absolute atomic E-state index is 0.0253. The lowest BCUT2D eigenvalue weighted by Gasteiger charge is -2.13. The fourth-order valence-electron chi connectivity index (χ4n) is 1.76. The van der Waals surface area contributed by atoms with Gasteiger partial charge in [0.2, 0.25) is 11.8 Å². The number of carbonyl (C=O) groups is 3. The first-order valence-electron chi connectivity index (χ1n) is 6.35. The first-order valence-corrected chi connectivity index (χ1v) is 6.35. The number of amides is 2. The molecule has 1 aromatic rings. The Kier molecular flexibility index (Phi) is 6.19. The van der Waals surface area contributed by atoms with Crippen LogP contribution in [-0.4, -0.2) is 36.0 Å². The molecule has 7 nitrogen and oxygen atoms in total. The molecule has 1 atom stereocenters. The fraction of sp³-hybridized carbons (Fsp3) is 0.357. The molecule has 0 spiro atoms. The molecule has 1 rings (SSSR count). The van der Waals surface area contributed by atoms with E-state index in [2.05, 4.69) is 5.32 Å². The van der Waals surface area contributed by atoms with Gasteiger partial charge in [0, 0.05) is 6.42 Å². The molecule has 0 fully saturated rings. The van der Waals surface area contributed by atoms with Gasteiger partial charge >= 0.3 is 5.97 Å². The quantitative estimate of drug-likeness (QED) is 0.627. The third kappa shape index (κ3) is 5.94. The molecule has 7 heteroatoms. The molecule has 21 heavy (non-hydrogen) atoms. The standard InChI is InChI=1S/C14H18N2O5/c1-21-10-4-2-3-9(7-10)8-13(18)16-11(14(19)20)5-6-12(15)17/h2-4,7,11H,5-6,8H2,1H3,(H2,15,17)(H,16,18)(H,19,20)/t11-/m1/s1. The van der Waals surface area contributed by atoms with Gasteiger partial charge in [0.15, 0.2) is 0 Å². The van der Waals surface area contributed by atoms with Crippen LogP contribution >= 0.6 is 0 Å². The van der Waals surface area contributed by atoms with Crippen molar-refractivity contribution in [1.29, 1.82) is 0 Å². The number of rotatable bonds is 8. The number of carboxylic acid groups (broad SMARTS) is 1. The molecule has 0 bridgehead atoms. The molecule has 4 N–H and O–H groups in total. The van der Waals surface area contributed by atoms with E-state index in [1.165, 1.54) is 7.11 Å². The third-order valence-corrected chi connectivity index (χ3v) is 2.81. The molecule has 114 valence electrons. The Balaban J connectivity index is 2.60. The molecule has 0 saturated carbocycles. The van der Waals surface area contributed by atoms with Crippen LogP contribution in [0.3, 0.4) is 0 Å². The van der Waals surface area contributed by atoms with E-state index in [-0.39, 0.29) is 19.3 Å². The van der Waals surface area contributed by atoms with Crippen molar-refractivity contribution in [3.63, 3.8) is 0 Å². The van der Waals surface area contributed by atoms with Gasteiger partial charge in [-0.3, -0.25) is 9.59 Å². The fourth-order valence-corrected chi connectivity index (χ4v) is 1.76. The second kappa shape index (κ2) is 7.88. The van der Waals surface area contributed by atoms with E-state index in [9.17, 15) is 14.4 Å². The van der Waals surface area contributed by atoms with Crippen LogP contribution in [0, 0.1) is 0 Å². The van der Waals surface area contributed by atoms with Crippen LogP contribution in [0.25, 0.3) is 0 Å². The molecule has 1 aromatic carbocycles. The Labute approximate surface area is 122 Å². The Morgan fingerprint density at radius 2 is 2.10 bits per heavy atom. The van der Waals surface area contributed by atoms with Crippen LogP contribution in [0.4, 0.5) is 0 Å². The lowest BCUT2D eigenvalue weighted by Crippen LogP contribution is -2.42. The van der Waals surface area contributed by atoms with Gasteiger partial charge in [0.25, 0.3) is 0 Å². The monoisotopic (exact) mass is 294 g/mol. The van der Waals surface area contributed by atoms with Crippen molar-refractivity contribution in [2.24, 2.45) is 5.73 Å². The maximum Gasteiger partial charge on any atom is 0.326 e. The Morgan fingerprint density at radius 3 is 2.67 bits per heavy atom. The number of nitrogens with two attached hydrogens (primary N) is 1. The number of hydrogen-bond acceptors (Lipinski definition) is 4. The molecule has 0 aliphatic heterocycles. The molecular formula is C14H18N2O5. The number of primary amides is 1. The molecule has 0 aliphatic rings. The van der Waals surface area contributed by atoms with E-state index < -0.39 is 23.8 Å². The van der Waals surface area contributed by atoms with E-state index in [0.717, 1.165) is 0 Å². The number of hydrogen-bond donors (Lipinski definition) is 3. The molecule has 0 heterocycles. The van der Waals surface area contributed by atoms with E-state index in [4.69, 9.17) is 15.6 Å². The SMILES string of the molecule is COc1cccc(CC(=O)N[C@H](CCC(N)=O)C(=O)O)c1. The lowest BCUT2D eigenvalue weighted by atomic mass is 10.1. The molecule has 2 amide bonds. The van der Waals surface area contributed by atoms with Crippen LogP contribution in [0.2, 0.25) is 0 Å². The predicted octanol–water partition coefficient (Wildman–Crippen LogP) is 0.0726. The van der Waals surface area contributed by atoms with Crippen molar-refractivity contribution >= 4 is 17.8 Å². The smallest absolute Gasteiger partial charge is 0.326 e. The summed E-state index contributed by atoms with van der Waals surface area (Å²) in [6.45, 7) is 0. The van der Waals surface area contributed by atoms with Crippen molar-refractivity contribution in [1.82, 2.24) is 5.32 Å². The Hall–Kier alpha value is -2.57. The number of nitrogens with one attached hydrogen (secondary N) is 1. The number of ether oxygens (including phenoxy) is 1. The average molecular weight is 294 g/mol. The summed E-state index contributed by atoms with van der Waals surface area (Å²) in [5.41, 5.74) is 5.67. The lowest BCUT2D eigenvalue weighted by molar-refractivity contribution is -0.142. The number of carboxylic acids is 1. The summed E-state index contributed by atoms with van der Waals surface area (Å²) in [6.07, 6.45) is -0.109. The van der Waals surface area contributed by atoms with Crippen LogP contribution in [0.1, 0.15) is 18.4 Å². The zero-order valence-corrected chi connectivity index (χ0v) is 11.7. The van der Waals surface area contributed by atoms with Crippen molar-refractivity contribution in [3.05, 3.63) is 29.8 Å². The average Bonchev–Trinajstić information content (AvgIpc) is 2.43. The topological polar surface area (TPSA) is 119 Å². The summed E-state index contributed by atoms with van der Waals surface area (Å²) in [6, 6.07) is 5.79. The molecular weight excluding hydrogens is 276 g/mol. The number of methoxy groups -OCH3 is 1. The zero-order valence-electron chi connectivity index (χ0n) is 11.7. The minimum atomic E-state index is -1.20. The van der Waals surface area contributed by atoms with Gasteiger partial charge in [-0.2, -0.15) is 0 Å². The summed E-state index contributed by atoms with van der Waals surface area (Å²) in [5, 5.41) is 11.4. The van der Waals surface area contributed by atoms with E-state index in [1.807, 2.05) is 0 Å². The van der Waals surface area contributed by atoms with Gasteiger partial charge in [-0.05, 0) is 24.1 Å². The highest BCUT2D eigenvalue weighted by molar-refractivity contribution is 5.85. The second-order valence-electron chi connectivity index (χ2n) is 4.49. The maximum absolute atomic E-state index is 11.8. The predicted molar refractivity (Wildman–Crippen MR) is 74.7 cm³/mol. The van der Waals surface area contributed by atoms with Gasteiger partial charge in [0.1, 0.15) is 11.8 Å². The summed E-state index contributed by atoms with van der Waals surface area (Å²) in [7, 11) is 1.52. The highest BCUT2D eigenvalue weighted by atomic mass is 16.5. The van der Waals surface area contributed by atoms with Crippen LogP contribution in [-0.2, 0) is 20.8 Å². The number of aliphatic carboxylic acids is 1. The molecule has 0 unspecified atom stereocenters. The largest absolute Gasteiger partial charge is 0.497 e. The highest BCUT2D eigenvalue weighted by Crippen LogP contribution is 2.13. The van der Waals surface area contributed by atoms with Gasteiger partial charge in [-0.25, -0.2) is 4.79 Å². The first kappa shape index (κ1) is 16.5. The summed E-state index contributed by atoms with van der Waals surface area (Å²) in [4.78, 5) is 33.5. The van der Waals surface area contributed by atoms with Gasteiger partial charge in [-0.1, -0.05) is 12.1 Å². The van der Waals surface area contributed by atoms with Crippen molar-refractivity contribution < 1.29 is 24.2 Å². The second-order valence-corrected chi connectivity index (χ2v) is 4.49.